The molecule has 1 rings (SSSR count). The largest absolute Gasteiger partial charge is 0.384 e. The monoisotopic (exact) mass is 222 g/mol. The number of hydrogen-bond donors (Lipinski definition) is 2. The standard InChI is InChI=1S/C12H18N2O2/c1-13-9-10-5-3-4-6-11(10)14-12(15)7-8-16-2/h3-6,13H,7-9H2,1-2H3,(H,14,15). The summed E-state index contributed by atoms with van der Waals surface area (Å²) in [6.45, 7) is 1.18. The Kier molecular flexibility index (Phi) is 5.53. The van der Waals surface area contributed by atoms with E-state index in [1.54, 1.807) is 7.11 Å². The lowest BCUT2D eigenvalue weighted by Gasteiger charge is -2.10. The molecular formula is C12H18N2O2. The van der Waals surface area contributed by atoms with E-state index in [2.05, 4.69) is 10.6 Å². The van der Waals surface area contributed by atoms with Gasteiger partial charge < -0.3 is 15.4 Å². The van der Waals surface area contributed by atoms with Crippen LogP contribution in [0, 0.1) is 0 Å². The second kappa shape index (κ2) is 6.98. The maximum atomic E-state index is 11.5. The number of amides is 1. The van der Waals surface area contributed by atoms with Crippen LogP contribution in [-0.4, -0.2) is 26.7 Å². The number of nitrogens with one attached hydrogen (secondary N) is 2. The van der Waals surface area contributed by atoms with Crippen molar-refractivity contribution < 1.29 is 9.53 Å². The number of carbonyl (C=O) groups is 1. The van der Waals surface area contributed by atoms with Crippen LogP contribution in [0.1, 0.15) is 12.0 Å². The number of carbonyl (C=O) groups excluding carboxylic acids is 1. The summed E-state index contributed by atoms with van der Waals surface area (Å²) in [5.41, 5.74) is 1.94. The van der Waals surface area contributed by atoms with E-state index in [9.17, 15) is 4.79 Å². The molecule has 0 spiro atoms. The second-order valence-electron chi connectivity index (χ2n) is 3.48. The van der Waals surface area contributed by atoms with E-state index in [-0.39, 0.29) is 5.91 Å². The molecule has 0 aliphatic rings. The molecule has 0 atom stereocenters. The number of rotatable bonds is 6. The molecule has 0 saturated carbocycles. The van der Waals surface area contributed by atoms with Crippen molar-refractivity contribution in [2.24, 2.45) is 0 Å². The molecule has 0 aliphatic carbocycles. The topological polar surface area (TPSA) is 50.4 Å². The van der Waals surface area contributed by atoms with E-state index in [4.69, 9.17) is 4.74 Å². The first-order chi connectivity index (χ1) is 7.77. The molecule has 2 N–H and O–H groups in total. The Morgan fingerprint density at radius 3 is 2.81 bits per heavy atom. The van der Waals surface area contributed by atoms with Crippen LogP contribution in [0.25, 0.3) is 0 Å². The SMILES string of the molecule is CNCc1ccccc1NC(=O)CCOC. The molecule has 88 valence electrons. The zero-order chi connectivity index (χ0) is 11.8. The number of ether oxygens (including phenoxy) is 1. The summed E-state index contributed by atoms with van der Waals surface area (Å²) in [5, 5.41) is 5.94. The molecule has 0 radical (unpaired) electrons. The summed E-state index contributed by atoms with van der Waals surface area (Å²) in [6.07, 6.45) is 0.379. The summed E-state index contributed by atoms with van der Waals surface area (Å²) >= 11 is 0. The van der Waals surface area contributed by atoms with Crippen LogP contribution in [0.3, 0.4) is 0 Å². The lowest BCUT2D eigenvalue weighted by atomic mass is 10.1. The third-order valence-electron chi connectivity index (χ3n) is 2.19. The zero-order valence-corrected chi connectivity index (χ0v) is 9.75. The molecule has 1 amide bonds. The van der Waals surface area contributed by atoms with E-state index < -0.39 is 0 Å². The Bertz CT molecular complexity index is 340. The maximum absolute atomic E-state index is 11.5. The molecule has 0 bridgehead atoms. The Balaban J connectivity index is 2.61. The van der Waals surface area contributed by atoms with Crippen molar-refractivity contribution in [1.82, 2.24) is 5.32 Å². The highest BCUT2D eigenvalue weighted by Gasteiger charge is 2.05. The van der Waals surface area contributed by atoms with Gasteiger partial charge in [-0.2, -0.15) is 0 Å². The highest BCUT2D eigenvalue weighted by atomic mass is 16.5. The fourth-order valence-electron chi connectivity index (χ4n) is 1.39. The van der Waals surface area contributed by atoms with Crippen LogP contribution < -0.4 is 10.6 Å². The fourth-order valence-corrected chi connectivity index (χ4v) is 1.39. The normalized spacial score (nSPS) is 10.1. The molecule has 0 aromatic heterocycles. The molecule has 4 nitrogen and oxygen atoms in total. The third kappa shape index (κ3) is 4.00. The second-order valence-corrected chi connectivity index (χ2v) is 3.48. The number of benzene rings is 1. The summed E-state index contributed by atoms with van der Waals surface area (Å²) in [4.78, 5) is 11.5. The quantitative estimate of drug-likeness (QED) is 0.764. The van der Waals surface area contributed by atoms with Crippen molar-refractivity contribution in [2.75, 3.05) is 26.1 Å². The number of anilines is 1. The minimum Gasteiger partial charge on any atom is -0.384 e. The molecule has 16 heavy (non-hydrogen) atoms. The van der Waals surface area contributed by atoms with E-state index in [1.165, 1.54) is 0 Å². The number of methoxy groups -OCH3 is 1. The van der Waals surface area contributed by atoms with Crippen molar-refractivity contribution in [2.45, 2.75) is 13.0 Å². The van der Waals surface area contributed by atoms with Crippen molar-refractivity contribution in [1.29, 1.82) is 0 Å². The van der Waals surface area contributed by atoms with Gasteiger partial charge in [-0.25, -0.2) is 0 Å². The summed E-state index contributed by atoms with van der Waals surface area (Å²) in [6, 6.07) is 7.75. The summed E-state index contributed by atoms with van der Waals surface area (Å²) in [5.74, 6) is -0.0228. The summed E-state index contributed by atoms with van der Waals surface area (Å²) in [7, 11) is 3.46. The first-order valence-electron chi connectivity index (χ1n) is 5.29. The number of para-hydroxylation sites is 1. The summed E-state index contributed by atoms with van der Waals surface area (Å²) < 4.78 is 4.85. The van der Waals surface area contributed by atoms with Crippen LogP contribution in [0.4, 0.5) is 5.69 Å². The lowest BCUT2D eigenvalue weighted by Crippen LogP contribution is -2.16. The number of hydrogen-bond acceptors (Lipinski definition) is 3. The lowest BCUT2D eigenvalue weighted by molar-refractivity contribution is -0.117. The molecule has 1 aromatic rings. The Morgan fingerprint density at radius 1 is 1.38 bits per heavy atom. The van der Waals surface area contributed by atoms with Gasteiger partial charge in [0.15, 0.2) is 0 Å². The van der Waals surface area contributed by atoms with Gasteiger partial charge in [0.2, 0.25) is 5.91 Å². The zero-order valence-electron chi connectivity index (χ0n) is 9.75. The van der Waals surface area contributed by atoms with Crippen LogP contribution >= 0.6 is 0 Å². The van der Waals surface area contributed by atoms with Gasteiger partial charge in [0.25, 0.3) is 0 Å². The maximum Gasteiger partial charge on any atom is 0.226 e. The molecule has 1 aromatic carbocycles. The van der Waals surface area contributed by atoms with Crippen LogP contribution in [-0.2, 0) is 16.1 Å². The highest BCUT2D eigenvalue weighted by molar-refractivity contribution is 5.91. The molecule has 0 saturated heterocycles. The minimum atomic E-state index is -0.0228. The Labute approximate surface area is 96.0 Å². The van der Waals surface area contributed by atoms with Gasteiger partial charge in [-0.15, -0.1) is 0 Å². The van der Waals surface area contributed by atoms with Crippen LogP contribution in [0.2, 0.25) is 0 Å². The van der Waals surface area contributed by atoms with Crippen LogP contribution in [0.5, 0.6) is 0 Å². The molecule has 4 heteroatoms. The van der Waals surface area contributed by atoms with E-state index in [1.807, 2.05) is 31.3 Å². The first kappa shape index (κ1) is 12.7. The Morgan fingerprint density at radius 2 is 2.12 bits per heavy atom. The van der Waals surface area contributed by atoms with Crippen molar-refractivity contribution in [3.8, 4) is 0 Å². The van der Waals surface area contributed by atoms with Gasteiger partial charge in [-0.3, -0.25) is 4.79 Å². The van der Waals surface area contributed by atoms with Gasteiger partial charge in [0.05, 0.1) is 13.0 Å². The molecule has 0 aliphatic heterocycles. The van der Waals surface area contributed by atoms with E-state index in [0.29, 0.717) is 13.0 Å². The van der Waals surface area contributed by atoms with Gasteiger partial charge in [-0.1, -0.05) is 18.2 Å². The Hall–Kier alpha value is -1.39. The van der Waals surface area contributed by atoms with Crippen molar-refractivity contribution in [3.05, 3.63) is 29.8 Å². The third-order valence-corrected chi connectivity index (χ3v) is 2.19. The van der Waals surface area contributed by atoms with Gasteiger partial charge in [0.1, 0.15) is 0 Å². The van der Waals surface area contributed by atoms with Gasteiger partial charge in [-0.05, 0) is 18.7 Å². The molecular weight excluding hydrogens is 204 g/mol. The first-order valence-corrected chi connectivity index (χ1v) is 5.29. The minimum absolute atomic E-state index is 0.0228. The van der Waals surface area contributed by atoms with E-state index >= 15 is 0 Å². The predicted octanol–water partition coefficient (Wildman–Crippen LogP) is 1.38. The molecule has 0 unspecified atom stereocenters. The highest BCUT2D eigenvalue weighted by Crippen LogP contribution is 2.14. The van der Waals surface area contributed by atoms with Gasteiger partial charge in [0, 0.05) is 19.3 Å². The average molecular weight is 222 g/mol. The molecule has 0 fully saturated rings. The smallest absolute Gasteiger partial charge is 0.226 e. The van der Waals surface area contributed by atoms with E-state index in [0.717, 1.165) is 17.8 Å². The van der Waals surface area contributed by atoms with Crippen molar-refractivity contribution >= 4 is 11.6 Å². The fraction of sp³-hybridized carbons (Fsp3) is 0.417. The van der Waals surface area contributed by atoms with Crippen LogP contribution in [0.15, 0.2) is 24.3 Å². The van der Waals surface area contributed by atoms with Gasteiger partial charge >= 0.3 is 0 Å². The molecule has 0 heterocycles. The average Bonchev–Trinajstić information content (AvgIpc) is 2.29. The van der Waals surface area contributed by atoms with Crippen molar-refractivity contribution in [3.63, 3.8) is 0 Å². The predicted molar refractivity (Wildman–Crippen MR) is 64.3 cm³/mol.